The molecule has 3 amide bonds. The number of likely N-dealkylation sites (N-methyl/N-ethyl adjacent to an activating group) is 1. The molecule has 0 aliphatic carbocycles. The molecule has 0 aromatic heterocycles. The largest absolute Gasteiger partial charge is 0.340 e. The number of hydrogen-bond acceptors (Lipinski definition) is 4. The van der Waals surface area contributed by atoms with Crippen LogP contribution in [0.2, 0.25) is 0 Å². The zero-order valence-electron chi connectivity index (χ0n) is 16.7. The van der Waals surface area contributed by atoms with Crippen molar-refractivity contribution in [3.8, 4) is 0 Å². The summed E-state index contributed by atoms with van der Waals surface area (Å²) in [7, 11) is 2.06. The molecule has 2 fully saturated rings. The van der Waals surface area contributed by atoms with E-state index in [2.05, 4.69) is 11.9 Å². The van der Waals surface area contributed by atoms with E-state index >= 15 is 0 Å². The highest BCUT2D eigenvalue weighted by Crippen LogP contribution is 2.34. The van der Waals surface area contributed by atoms with Gasteiger partial charge in [-0.2, -0.15) is 0 Å². The first-order chi connectivity index (χ1) is 13.5. The first-order valence-corrected chi connectivity index (χ1v) is 10.2. The predicted molar refractivity (Wildman–Crippen MR) is 107 cm³/mol. The Labute approximate surface area is 165 Å². The van der Waals surface area contributed by atoms with Gasteiger partial charge in [0.15, 0.2) is 0 Å². The molecular weight excluding hydrogens is 356 g/mol. The Morgan fingerprint density at radius 1 is 1.11 bits per heavy atom. The SMILES string of the molecule is CCC(=O)N1CCc2cc(N3C[C@H](C(=O)N4CCN(C)CC4)CC3=O)ccc21. The van der Waals surface area contributed by atoms with Crippen LogP contribution >= 0.6 is 0 Å². The van der Waals surface area contributed by atoms with Gasteiger partial charge in [-0.3, -0.25) is 14.4 Å². The van der Waals surface area contributed by atoms with Crippen molar-refractivity contribution in [3.05, 3.63) is 23.8 Å². The Bertz CT molecular complexity index is 801. The van der Waals surface area contributed by atoms with Gasteiger partial charge < -0.3 is 19.6 Å². The maximum atomic E-state index is 12.9. The molecule has 7 nitrogen and oxygen atoms in total. The molecule has 0 bridgehead atoms. The molecule has 7 heteroatoms. The number of anilines is 2. The summed E-state index contributed by atoms with van der Waals surface area (Å²) in [6.45, 7) is 6.25. The minimum atomic E-state index is -0.262. The third kappa shape index (κ3) is 3.39. The Balaban J connectivity index is 1.46. The second kappa shape index (κ2) is 7.54. The lowest BCUT2D eigenvalue weighted by atomic mass is 10.1. The molecule has 3 aliphatic heterocycles. The Morgan fingerprint density at radius 2 is 1.86 bits per heavy atom. The monoisotopic (exact) mass is 384 g/mol. The molecule has 150 valence electrons. The van der Waals surface area contributed by atoms with Crippen LogP contribution < -0.4 is 9.80 Å². The molecule has 1 atom stereocenters. The van der Waals surface area contributed by atoms with Crippen molar-refractivity contribution in [2.75, 3.05) is 56.1 Å². The normalized spacial score (nSPS) is 22.7. The fourth-order valence-corrected chi connectivity index (χ4v) is 4.41. The van der Waals surface area contributed by atoms with E-state index in [1.807, 2.05) is 34.9 Å². The summed E-state index contributed by atoms with van der Waals surface area (Å²) in [5, 5.41) is 0. The van der Waals surface area contributed by atoms with Crippen LogP contribution in [0.25, 0.3) is 0 Å². The maximum absolute atomic E-state index is 12.9. The molecule has 28 heavy (non-hydrogen) atoms. The van der Waals surface area contributed by atoms with Gasteiger partial charge in [0.1, 0.15) is 0 Å². The van der Waals surface area contributed by atoms with E-state index in [9.17, 15) is 14.4 Å². The van der Waals surface area contributed by atoms with Gasteiger partial charge in [-0.05, 0) is 37.2 Å². The molecule has 4 rings (SSSR count). The average molecular weight is 384 g/mol. The lowest BCUT2D eigenvalue weighted by molar-refractivity contribution is -0.137. The van der Waals surface area contributed by atoms with Gasteiger partial charge >= 0.3 is 0 Å². The smallest absolute Gasteiger partial charge is 0.228 e. The van der Waals surface area contributed by atoms with Crippen LogP contribution in [0.5, 0.6) is 0 Å². The fourth-order valence-electron chi connectivity index (χ4n) is 4.41. The minimum absolute atomic E-state index is 0.00640. The van der Waals surface area contributed by atoms with Crippen molar-refractivity contribution < 1.29 is 14.4 Å². The van der Waals surface area contributed by atoms with Crippen molar-refractivity contribution in [1.29, 1.82) is 0 Å². The summed E-state index contributed by atoms with van der Waals surface area (Å²) in [6.07, 6.45) is 1.57. The van der Waals surface area contributed by atoms with E-state index < -0.39 is 0 Å². The Kier molecular flexibility index (Phi) is 5.10. The second-order valence-corrected chi connectivity index (χ2v) is 8.00. The number of hydrogen-bond donors (Lipinski definition) is 0. The molecular formula is C21H28N4O3. The summed E-state index contributed by atoms with van der Waals surface area (Å²) in [4.78, 5) is 45.2. The maximum Gasteiger partial charge on any atom is 0.228 e. The van der Waals surface area contributed by atoms with E-state index in [1.165, 1.54) is 0 Å². The quantitative estimate of drug-likeness (QED) is 0.783. The van der Waals surface area contributed by atoms with E-state index in [1.54, 1.807) is 4.90 Å². The zero-order valence-corrected chi connectivity index (χ0v) is 16.7. The molecule has 3 heterocycles. The molecule has 2 saturated heterocycles. The second-order valence-electron chi connectivity index (χ2n) is 8.00. The van der Waals surface area contributed by atoms with Crippen LogP contribution in [0.15, 0.2) is 18.2 Å². The van der Waals surface area contributed by atoms with Crippen molar-refractivity contribution >= 4 is 29.1 Å². The summed E-state index contributed by atoms with van der Waals surface area (Å²) in [5.41, 5.74) is 2.89. The lowest BCUT2D eigenvalue weighted by Gasteiger charge is -2.33. The predicted octanol–water partition coefficient (Wildman–Crippen LogP) is 1.11. The summed E-state index contributed by atoms with van der Waals surface area (Å²) < 4.78 is 0. The van der Waals surface area contributed by atoms with Gasteiger partial charge in [0.25, 0.3) is 0 Å². The number of carbonyl (C=O) groups excluding carboxylic acids is 3. The van der Waals surface area contributed by atoms with Crippen LogP contribution in [0.4, 0.5) is 11.4 Å². The Hall–Kier alpha value is -2.41. The first kappa shape index (κ1) is 18.9. The third-order valence-electron chi connectivity index (χ3n) is 6.16. The molecule has 0 radical (unpaired) electrons. The average Bonchev–Trinajstić information content (AvgIpc) is 3.30. The molecule has 0 N–H and O–H groups in total. The van der Waals surface area contributed by atoms with Crippen molar-refractivity contribution in [2.24, 2.45) is 5.92 Å². The summed E-state index contributed by atoms with van der Waals surface area (Å²) in [5.74, 6) is -0.0272. The third-order valence-corrected chi connectivity index (χ3v) is 6.16. The highest BCUT2D eigenvalue weighted by atomic mass is 16.2. The fraction of sp³-hybridized carbons (Fsp3) is 0.571. The van der Waals surface area contributed by atoms with Crippen molar-refractivity contribution in [1.82, 2.24) is 9.80 Å². The summed E-state index contributed by atoms with van der Waals surface area (Å²) >= 11 is 0. The highest BCUT2D eigenvalue weighted by molar-refractivity contribution is 6.01. The van der Waals surface area contributed by atoms with E-state index in [-0.39, 0.29) is 30.1 Å². The van der Waals surface area contributed by atoms with Crippen LogP contribution in [0.1, 0.15) is 25.3 Å². The number of nitrogens with zero attached hydrogens (tertiary/aromatic N) is 4. The van der Waals surface area contributed by atoms with E-state index in [0.29, 0.717) is 19.5 Å². The summed E-state index contributed by atoms with van der Waals surface area (Å²) in [6, 6.07) is 5.85. The van der Waals surface area contributed by atoms with Gasteiger partial charge in [0, 0.05) is 63.5 Å². The van der Waals surface area contributed by atoms with Gasteiger partial charge in [0.2, 0.25) is 17.7 Å². The van der Waals surface area contributed by atoms with Crippen molar-refractivity contribution in [3.63, 3.8) is 0 Å². The standard InChI is InChI=1S/C21H28N4O3/c1-3-19(26)24-7-6-15-12-17(4-5-18(15)24)25-14-16(13-20(25)27)21(28)23-10-8-22(2)9-11-23/h4-5,12,16H,3,6-11,13-14H2,1-2H3/t16-/m1/s1. The lowest BCUT2D eigenvalue weighted by Crippen LogP contribution is -2.49. The minimum Gasteiger partial charge on any atom is -0.340 e. The van der Waals surface area contributed by atoms with E-state index in [4.69, 9.17) is 0 Å². The van der Waals surface area contributed by atoms with Crippen molar-refractivity contribution in [2.45, 2.75) is 26.2 Å². The number of piperazine rings is 1. The van der Waals surface area contributed by atoms with Gasteiger partial charge in [-0.1, -0.05) is 6.92 Å². The topological polar surface area (TPSA) is 64.2 Å². The van der Waals surface area contributed by atoms with E-state index in [0.717, 1.165) is 49.5 Å². The first-order valence-electron chi connectivity index (χ1n) is 10.2. The highest BCUT2D eigenvalue weighted by Gasteiger charge is 2.38. The number of carbonyl (C=O) groups is 3. The molecule has 0 unspecified atom stereocenters. The number of amides is 3. The number of rotatable bonds is 3. The molecule has 1 aromatic carbocycles. The molecule has 3 aliphatic rings. The van der Waals surface area contributed by atoms with Crippen LogP contribution in [-0.2, 0) is 20.8 Å². The van der Waals surface area contributed by atoms with Gasteiger partial charge in [-0.15, -0.1) is 0 Å². The molecule has 1 aromatic rings. The number of benzene rings is 1. The number of fused-ring (bicyclic) bond motifs is 1. The van der Waals surface area contributed by atoms with Gasteiger partial charge in [-0.25, -0.2) is 0 Å². The zero-order chi connectivity index (χ0) is 19.8. The Morgan fingerprint density at radius 3 is 2.57 bits per heavy atom. The molecule has 0 spiro atoms. The van der Waals surface area contributed by atoms with Crippen LogP contribution in [0.3, 0.4) is 0 Å². The van der Waals surface area contributed by atoms with Crippen LogP contribution in [0, 0.1) is 5.92 Å². The van der Waals surface area contributed by atoms with Crippen LogP contribution in [-0.4, -0.2) is 73.8 Å². The molecule has 0 saturated carbocycles. The van der Waals surface area contributed by atoms with Gasteiger partial charge in [0.05, 0.1) is 5.92 Å².